The van der Waals surface area contributed by atoms with Gasteiger partial charge in [0.1, 0.15) is 5.82 Å². The summed E-state index contributed by atoms with van der Waals surface area (Å²) in [7, 11) is 0. The summed E-state index contributed by atoms with van der Waals surface area (Å²) in [6, 6.07) is 9.36. The molecule has 106 valence electrons. The van der Waals surface area contributed by atoms with Crippen molar-refractivity contribution in [1.29, 1.82) is 0 Å². The predicted octanol–water partition coefficient (Wildman–Crippen LogP) is 2.81. The third-order valence-corrected chi connectivity index (χ3v) is 3.42. The lowest BCUT2D eigenvalue weighted by atomic mass is 10.1. The molecule has 3 rings (SSSR count). The van der Waals surface area contributed by atoms with Crippen LogP contribution in [0.5, 0.6) is 5.88 Å². The van der Waals surface area contributed by atoms with Gasteiger partial charge in [0, 0.05) is 17.1 Å². The van der Waals surface area contributed by atoms with Gasteiger partial charge in [0.2, 0.25) is 5.88 Å². The number of nitrogens with one attached hydrogen (secondary N) is 1. The molecule has 5 nitrogen and oxygen atoms in total. The van der Waals surface area contributed by atoms with Crippen LogP contribution in [0.15, 0.2) is 41.3 Å². The molecule has 0 saturated heterocycles. The fourth-order valence-corrected chi connectivity index (χ4v) is 2.42. The van der Waals surface area contributed by atoms with E-state index in [0.29, 0.717) is 11.4 Å². The van der Waals surface area contributed by atoms with Crippen molar-refractivity contribution in [3.05, 3.63) is 52.4 Å². The van der Waals surface area contributed by atoms with Crippen LogP contribution in [0.1, 0.15) is 25.3 Å². The first kappa shape index (κ1) is 13.3. The van der Waals surface area contributed by atoms with E-state index in [1.165, 1.54) is 0 Å². The lowest BCUT2D eigenvalue weighted by Crippen LogP contribution is -2.16. The van der Waals surface area contributed by atoms with Crippen LogP contribution in [-0.2, 0) is 0 Å². The maximum atomic E-state index is 12.1. The number of fused-ring (bicyclic) bond motifs is 1. The minimum atomic E-state index is -0.312. The fraction of sp³-hybridized carbons (Fsp3) is 0.188. The molecule has 1 aromatic carbocycles. The summed E-state index contributed by atoms with van der Waals surface area (Å²) in [5.41, 5.74) is 1.54. The molecule has 0 bridgehead atoms. The molecule has 0 aliphatic carbocycles. The van der Waals surface area contributed by atoms with Crippen LogP contribution in [0, 0.1) is 0 Å². The number of aromatic amines is 1. The first-order valence-electron chi connectivity index (χ1n) is 6.75. The predicted molar refractivity (Wildman–Crippen MR) is 81.3 cm³/mol. The normalized spacial score (nSPS) is 11.2. The average Bonchev–Trinajstić information content (AvgIpc) is 2.45. The second-order valence-electron chi connectivity index (χ2n) is 5.18. The molecule has 0 aliphatic heterocycles. The molecule has 3 aromatic rings. The van der Waals surface area contributed by atoms with Gasteiger partial charge in [-0.1, -0.05) is 32.0 Å². The van der Waals surface area contributed by atoms with Crippen molar-refractivity contribution in [3.63, 3.8) is 0 Å². The summed E-state index contributed by atoms with van der Waals surface area (Å²) in [6.07, 6.45) is 1.66. The van der Waals surface area contributed by atoms with Crippen molar-refractivity contribution in [2.45, 2.75) is 19.8 Å². The van der Waals surface area contributed by atoms with E-state index >= 15 is 0 Å². The van der Waals surface area contributed by atoms with E-state index in [4.69, 9.17) is 0 Å². The lowest BCUT2D eigenvalue weighted by Gasteiger charge is -2.09. The molecule has 0 unspecified atom stereocenters. The molecule has 0 spiro atoms. The van der Waals surface area contributed by atoms with Crippen molar-refractivity contribution in [2.75, 3.05) is 0 Å². The first-order chi connectivity index (χ1) is 10.1. The number of aromatic nitrogens is 3. The van der Waals surface area contributed by atoms with Crippen LogP contribution >= 0.6 is 0 Å². The number of aromatic hydroxyl groups is 1. The quantitative estimate of drug-likeness (QED) is 0.757. The van der Waals surface area contributed by atoms with Gasteiger partial charge in [-0.2, -0.15) is 4.98 Å². The SMILES string of the molecule is CC(C)c1c(O)nc(-c2ccnc3ccccc23)[nH]c1=O. The molecule has 0 fully saturated rings. The number of benzene rings is 1. The molecule has 0 saturated carbocycles. The van der Waals surface area contributed by atoms with Crippen LogP contribution in [-0.4, -0.2) is 20.1 Å². The van der Waals surface area contributed by atoms with E-state index < -0.39 is 0 Å². The standard InChI is InChI=1S/C16H15N3O2/c1-9(2)13-15(20)18-14(19-16(13)21)11-7-8-17-12-6-4-3-5-10(11)12/h3-9H,1-2H3,(H2,18,19,20,21). The summed E-state index contributed by atoms with van der Waals surface area (Å²) in [6.45, 7) is 3.68. The van der Waals surface area contributed by atoms with E-state index in [1.54, 1.807) is 12.3 Å². The highest BCUT2D eigenvalue weighted by molar-refractivity contribution is 5.92. The molecule has 2 heterocycles. The Kier molecular flexibility index (Phi) is 3.17. The van der Waals surface area contributed by atoms with Gasteiger partial charge in [-0.3, -0.25) is 9.78 Å². The zero-order chi connectivity index (χ0) is 15.0. The topological polar surface area (TPSA) is 78.9 Å². The molecule has 0 atom stereocenters. The molecule has 0 radical (unpaired) electrons. The highest BCUT2D eigenvalue weighted by atomic mass is 16.3. The van der Waals surface area contributed by atoms with Crippen LogP contribution < -0.4 is 5.56 Å². The van der Waals surface area contributed by atoms with Gasteiger partial charge in [-0.25, -0.2) is 0 Å². The number of para-hydroxylation sites is 1. The smallest absolute Gasteiger partial charge is 0.258 e. The summed E-state index contributed by atoms with van der Waals surface area (Å²) in [4.78, 5) is 23.3. The highest BCUT2D eigenvalue weighted by Crippen LogP contribution is 2.26. The molecule has 21 heavy (non-hydrogen) atoms. The van der Waals surface area contributed by atoms with E-state index in [0.717, 1.165) is 16.5 Å². The van der Waals surface area contributed by atoms with Crippen LogP contribution in [0.2, 0.25) is 0 Å². The van der Waals surface area contributed by atoms with Crippen LogP contribution in [0.4, 0.5) is 0 Å². The Morgan fingerprint density at radius 2 is 1.95 bits per heavy atom. The number of H-pyrrole nitrogens is 1. The van der Waals surface area contributed by atoms with E-state index in [1.807, 2.05) is 38.1 Å². The van der Waals surface area contributed by atoms with E-state index in [2.05, 4.69) is 15.0 Å². The Morgan fingerprint density at radius 3 is 2.67 bits per heavy atom. The average molecular weight is 281 g/mol. The van der Waals surface area contributed by atoms with Crippen molar-refractivity contribution in [2.24, 2.45) is 0 Å². The number of hydrogen-bond acceptors (Lipinski definition) is 4. The third kappa shape index (κ3) is 2.27. The maximum absolute atomic E-state index is 12.1. The summed E-state index contributed by atoms with van der Waals surface area (Å²) in [5, 5.41) is 10.9. The first-order valence-corrected chi connectivity index (χ1v) is 6.75. The van der Waals surface area contributed by atoms with Gasteiger partial charge in [-0.15, -0.1) is 0 Å². The summed E-state index contributed by atoms with van der Waals surface area (Å²) in [5.74, 6) is 0.0367. The lowest BCUT2D eigenvalue weighted by molar-refractivity contribution is 0.440. The maximum Gasteiger partial charge on any atom is 0.258 e. The monoisotopic (exact) mass is 281 g/mol. The second kappa shape index (κ2) is 5.01. The molecular weight excluding hydrogens is 266 g/mol. The minimum absolute atomic E-state index is 0.0931. The second-order valence-corrected chi connectivity index (χ2v) is 5.18. The van der Waals surface area contributed by atoms with Gasteiger partial charge < -0.3 is 10.1 Å². The number of pyridine rings is 1. The number of hydrogen-bond donors (Lipinski definition) is 2. The van der Waals surface area contributed by atoms with Gasteiger partial charge >= 0.3 is 0 Å². The number of rotatable bonds is 2. The Bertz CT molecular complexity index is 864. The Labute approximate surface area is 121 Å². The summed E-state index contributed by atoms with van der Waals surface area (Å²) < 4.78 is 0. The summed E-state index contributed by atoms with van der Waals surface area (Å²) >= 11 is 0. The Hall–Kier alpha value is -2.69. The van der Waals surface area contributed by atoms with Gasteiger partial charge in [0.05, 0.1) is 11.1 Å². The van der Waals surface area contributed by atoms with Crippen molar-refractivity contribution in [1.82, 2.24) is 15.0 Å². The third-order valence-electron chi connectivity index (χ3n) is 3.42. The van der Waals surface area contributed by atoms with Crippen LogP contribution in [0.25, 0.3) is 22.3 Å². The van der Waals surface area contributed by atoms with Gasteiger partial charge in [-0.05, 0) is 18.1 Å². The van der Waals surface area contributed by atoms with Crippen molar-refractivity contribution < 1.29 is 5.11 Å². The highest BCUT2D eigenvalue weighted by Gasteiger charge is 2.15. The molecular formula is C16H15N3O2. The Balaban J connectivity index is 2.27. The Morgan fingerprint density at radius 1 is 1.19 bits per heavy atom. The zero-order valence-corrected chi connectivity index (χ0v) is 11.8. The van der Waals surface area contributed by atoms with Crippen LogP contribution in [0.3, 0.4) is 0 Å². The molecule has 2 N–H and O–H groups in total. The molecule has 5 heteroatoms. The zero-order valence-electron chi connectivity index (χ0n) is 11.8. The van der Waals surface area contributed by atoms with Gasteiger partial charge in [0.15, 0.2) is 0 Å². The van der Waals surface area contributed by atoms with Gasteiger partial charge in [0.25, 0.3) is 5.56 Å². The largest absolute Gasteiger partial charge is 0.493 e. The molecule has 2 aromatic heterocycles. The molecule has 0 amide bonds. The molecule has 0 aliphatic rings. The van der Waals surface area contributed by atoms with Crippen molar-refractivity contribution >= 4 is 10.9 Å². The minimum Gasteiger partial charge on any atom is -0.493 e. The fourth-order valence-electron chi connectivity index (χ4n) is 2.42. The van der Waals surface area contributed by atoms with E-state index in [-0.39, 0.29) is 17.4 Å². The van der Waals surface area contributed by atoms with Crippen molar-refractivity contribution in [3.8, 4) is 17.3 Å². The van der Waals surface area contributed by atoms with E-state index in [9.17, 15) is 9.90 Å². The number of nitrogens with zero attached hydrogens (tertiary/aromatic N) is 2.